The van der Waals surface area contributed by atoms with Gasteiger partial charge in [-0.2, -0.15) is 0 Å². The molecule has 2 aromatic rings. The standard InChI is InChI=1S/C19H25N3O3S/c1-5-14(6-2)18-21-22-19(26-18)20-17(23)11-9-13-8-10-15(25-7-3)16(12-13)24-4/h8-12,14H,5-7H2,1-4H3,(H,20,22,23). The lowest BCUT2D eigenvalue weighted by Gasteiger charge is -2.09. The van der Waals surface area contributed by atoms with Crippen LogP contribution in [0, 0.1) is 0 Å². The van der Waals surface area contributed by atoms with Gasteiger partial charge in [-0.25, -0.2) is 0 Å². The molecular weight excluding hydrogens is 350 g/mol. The minimum absolute atomic E-state index is 0.245. The van der Waals surface area contributed by atoms with Crippen molar-refractivity contribution in [3.05, 3.63) is 34.8 Å². The molecule has 1 aromatic heterocycles. The molecule has 1 heterocycles. The Kier molecular flexibility index (Phi) is 7.59. The molecule has 0 spiro atoms. The summed E-state index contributed by atoms with van der Waals surface area (Å²) in [6.45, 7) is 6.73. The highest BCUT2D eigenvalue weighted by molar-refractivity contribution is 7.15. The van der Waals surface area contributed by atoms with Gasteiger partial charge in [0, 0.05) is 12.0 Å². The maximum Gasteiger partial charge on any atom is 0.250 e. The molecule has 0 saturated carbocycles. The fourth-order valence-corrected chi connectivity index (χ4v) is 3.48. The summed E-state index contributed by atoms with van der Waals surface area (Å²) in [5.41, 5.74) is 0.843. The molecule has 26 heavy (non-hydrogen) atoms. The Morgan fingerprint density at radius 1 is 1.23 bits per heavy atom. The van der Waals surface area contributed by atoms with Crippen LogP contribution in [0.5, 0.6) is 11.5 Å². The van der Waals surface area contributed by atoms with Crippen LogP contribution in [0.3, 0.4) is 0 Å². The van der Waals surface area contributed by atoms with E-state index in [4.69, 9.17) is 9.47 Å². The smallest absolute Gasteiger partial charge is 0.250 e. The van der Waals surface area contributed by atoms with Crippen molar-refractivity contribution in [3.8, 4) is 11.5 Å². The Balaban J connectivity index is 2.01. The van der Waals surface area contributed by atoms with E-state index in [1.165, 1.54) is 17.4 Å². The molecule has 1 N–H and O–H groups in total. The number of benzene rings is 1. The molecule has 0 radical (unpaired) electrons. The van der Waals surface area contributed by atoms with Crippen LogP contribution in [0.4, 0.5) is 5.13 Å². The van der Waals surface area contributed by atoms with E-state index in [-0.39, 0.29) is 5.91 Å². The van der Waals surface area contributed by atoms with Gasteiger partial charge in [-0.15, -0.1) is 10.2 Å². The van der Waals surface area contributed by atoms with Gasteiger partial charge < -0.3 is 9.47 Å². The maximum atomic E-state index is 12.1. The summed E-state index contributed by atoms with van der Waals surface area (Å²) in [4.78, 5) is 12.1. The zero-order valence-electron chi connectivity index (χ0n) is 15.6. The zero-order chi connectivity index (χ0) is 18.9. The monoisotopic (exact) mass is 375 g/mol. The minimum atomic E-state index is -0.245. The van der Waals surface area contributed by atoms with Crippen molar-refractivity contribution in [2.45, 2.75) is 39.5 Å². The molecule has 0 fully saturated rings. The van der Waals surface area contributed by atoms with Gasteiger partial charge in [0.1, 0.15) is 5.01 Å². The molecule has 7 heteroatoms. The van der Waals surface area contributed by atoms with Gasteiger partial charge in [-0.3, -0.25) is 10.1 Å². The van der Waals surface area contributed by atoms with Crippen molar-refractivity contribution in [2.75, 3.05) is 19.0 Å². The third-order valence-corrected chi connectivity index (χ3v) is 4.92. The van der Waals surface area contributed by atoms with Crippen molar-refractivity contribution in [1.29, 1.82) is 0 Å². The molecule has 0 bridgehead atoms. The molecule has 6 nitrogen and oxygen atoms in total. The second kappa shape index (κ2) is 9.91. The largest absolute Gasteiger partial charge is 0.493 e. The summed E-state index contributed by atoms with van der Waals surface area (Å²) < 4.78 is 10.8. The highest BCUT2D eigenvalue weighted by Gasteiger charge is 2.14. The number of nitrogens with zero attached hydrogens (tertiary/aromatic N) is 2. The predicted octanol–water partition coefficient (Wildman–Crippen LogP) is 4.50. The lowest BCUT2D eigenvalue weighted by molar-refractivity contribution is -0.111. The average Bonchev–Trinajstić information content (AvgIpc) is 3.10. The van der Waals surface area contributed by atoms with E-state index in [2.05, 4.69) is 29.4 Å². The van der Waals surface area contributed by atoms with E-state index in [1.807, 2.05) is 25.1 Å². The first kappa shape index (κ1) is 19.9. The minimum Gasteiger partial charge on any atom is -0.493 e. The summed E-state index contributed by atoms with van der Waals surface area (Å²) in [6, 6.07) is 5.52. The number of methoxy groups -OCH3 is 1. The Hall–Kier alpha value is -2.41. The number of hydrogen-bond donors (Lipinski definition) is 1. The first-order valence-electron chi connectivity index (χ1n) is 8.74. The average molecular weight is 375 g/mol. The summed E-state index contributed by atoms with van der Waals surface area (Å²) in [5, 5.41) is 12.5. The molecule has 0 aliphatic heterocycles. The van der Waals surface area contributed by atoms with E-state index in [9.17, 15) is 4.79 Å². The summed E-state index contributed by atoms with van der Waals surface area (Å²) in [6.07, 6.45) is 5.21. The number of amides is 1. The van der Waals surface area contributed by atoms with Gasteiger partial charge in [-0.1, -0.05) is 31.3 Å². The van der Waals surface area contributed by atoms with Crippen LogP contribution < -0.4 is 14.8 Å². The predicted molar refractivity (Wildman–Crippen MR) is 105 cm³/mol. The molecule has 0 aliphatic rings. The molecule has 0 saturated heterocycles. The van der Waals surface area contributed by atoms with Gasteiger partial charge in [0.05, 0.1) is 13.7 Å². The lowest BCUT2D eigenvalue weighted by Crippen LogP contribution is -2.07. The van der Waals surface area contributed by atoms with Crippen molar-refractivity contribution >= 4 is 28.5 Å². The highest BCUT2D eigenvalue weighted by atomic mass is 32.1. The van der Waals surface area contributed by atoms with Crippen LogP contribution in [0.1, 0.15) is 50.1 Å². The third kappa shape index (κ3) is 5.29. The molecule has 0 unspecified atom stereocenters. The SMILES string of the molecule is CCOc1ccc(C=CC(=O)Nc2nnc(C(CC)CC)s2)cc1OC. The number of hydrogen-bond acceptors (Lipinski definition) is 6. The van der Waals surface area contributed by atoms with Crippen LogP contribution in [0.25, 0.3) is 6.08 Å². The second-order valence-electron chi connectivity index (χ2n) is 5.62. The van der Waals surface area contributed by atoms with Crippen molar-refractivity contribution in [1.82, 2.24) is 10.2 Å². The van der Waals surface area contributed by atoms with Crippen LogP contribution in [-0.4, -0.2) is 29.8 Å². The van der Waals surface area contributed by atoms with Crippen molar-refractivity contribution < 1.29 is 14.3 Å². The Bertz CT molecular complexity index is 754. The third-order valence-electron chi connectivity index (χ3n) is 3.92. The fourth-order valence-electron chi connectivity index (χ4n) is 2.47. The van der Waals surface area contributed by atoms with Gasteiger partial charge in [0.25, 0.3) is 0 Å². The van der Waals surface area contributed by atoms with Crippen LogP contribution >= 0.6 is 11.3 Å². The van der Waals surface area contributed by atoms with E-state index in [1.54, 1.807) is 13.2 Å². The number of nitrogens with one attached hydrogen (secondary N) is 1. The van der Waals surface area contributed by atoms with E-state index in [0.29, 0.717) is 29.2 Å². The van der Waals surface area contributed by atoms with E-state index in [0.717, 1.165) is 23.4 Å². The number of aromatic nitrogens is 2. The first-order valence-corrected chi connectivity index (χ1v) is 9.56. The summed E-state index contributed by atoms with van der Waals surface area (Å²) >= 11 is 1.43. The highest BCUT2D eigenvalue weighted by Crippen LogP contribution is 2.29. The molecule has 0 atom stereocenters. The first-order chi connectivity index (χ1) is 12.6. The van der Waals surface area contributed by atoms with Crippen LogP contribution in [-0.2, 0) is 4.79 Å². The molecule has 140 valence electrons. The maximum absolute atomic E-state index is 12.1. The molecule has 1 amide bonds. The van der Waals surface area contributed by atoms with Crippen molar-refractivity contribution in [2.24, 2.45) is 0 Å². The Labute approximate surface area is 158 Å². The van der Waals surface area contributed by atoms with Gasteiger partial charge in [-0.05, 0) is 43.5 Å². The topological polar surface area (TPSA) is 73.3 Å². The molecule has 2 rings (SSSR count). The Morgan fingerprint density at radius 3 is 2.65 bits per heavy atom. The zero-order valence-corrected chi connectivity index (χ0v) is 16.4. The molecule has 1 aromatic carbocycles. The second-order valence-corrected chi connectivity index (χ2v) is 6.63. The van der Waals surface area contributed by atoms with Gasteiger partial charge >= 0.3 is 0 Å². The summed E-state index contributed by atoms with van der Waals surface area (Å²) in [5.74, 6) is 1.46. The van der Waals surface area contributed by atoms with E-state index >= 15 is 0 Å². The van der Waals surface area contributed by atoms with Gasteiger partial charge in [0.2, 0.25) is 11.0 Å². The summed E-state index contributed by atoms with van der Waals surface area (Å²) in [7, 11) is 1.59. The molecule has 0 aliphatic carbocycles. The van der Waals surface area contributed by atoms with Crippen LogP contribution in [0.15, 0.2) is 24.3 Å². The van der Waals surface area contributed by atoms with Crippen molar-refractivity contribution in [3.63, 3.8) is 0 Å². The quantitative estimate of drug-likeness (QED) is 0.653. The van der Waals surface area contributed by atoms with E-state index < -0.39 is 0 Å². The number of rotatable bonds is 9. The fraction of sp³-hybridized carbons (Fsp3) is 0.421. The number of anilines is 1. The number of carbonyl (C=O) groups is 1. The van der Waals surface area contributed by atoms with Crippen LogP contribution in [0.2, 0.25) is 0 Å². The normalized spacial score (nSPS) is 11.1. The van der Waals surface area contributed by atoms with Gasteiger partial charge in [0.15, 0.2) is 11.5 Å². The Morgan fingerprint density at radius 2 is 2.00 bits per heavy atom. The molecular formula is C19H25N3O3S. The number of carbonyl (C=O) groups excluding carboxylic acids is 1. The lowest BCUT2D eigenvalue weighted by atomic mass is 10.1. The number of ether oxygens (including phenoxy) is 2.